The van der Waals surface area contributed by atoms with E-state index in [2.05, 4.69) is 0 Å². The number of carboxylic acid groups (broad SMARTS) is 1. The first-order chi connectivity index (χ1) is 11.4. The van der Waals surface area contributed by atoms with Crippen LogP contribution in [0.1, 0.15) is 5.56 Å². The number of carboxylic acids is 1. The van der Waals surface area contributed by atoms with Gasteiger partial charge < -0.3 is 14.7 Å². The topological polar surface area (TPSA) is 113 Å². The van der Waals surface area contributed by atoms with E-state index in [1.807, 2.05) is 4.72 Å². The Balaban J connectivity index is 1.99. The van der Waals surface area contributed by atoms with Gasteiger partial charge >= 0.3 is 5.97 Å². The Kier molecular flexibility index (Phi) is 6.07. The average Bonchev–Trinajstić information content (AvgIpc) is 2.59. The number of hydrogen-bond acceptors (Lipinski definition) is 5. The van der Waals surface area contributed by atoms with Crippen molar-refractivity contribution in [2.75, 3.05) is 32.8 Å². The zero-order valence-electron chi connectivity index (χ0n) is 12.8. The van der Waals surface area contributed by atoms with Gasteiger partial charge in [0.2, 0.25) is 15.9 Å². The predicted molar refractivity (Wildman–Crippen MR) is 85.7 cm³/mol. The summed E-state index contributed by atoms with van der Waals surface area (Å²) >= 11 is 0. The third-order valence-electron chi connectivity index (χ3n) is 3.34. The van der Waals surface area contributed by atoms with Crippen molar-refractivity contribution in [2.45, 2.75) is 4.90 Å². The fourth-order valence-corrected chi connectivity index (χ4v) is 3.03. The summed E-state index contributed by atoms with van der Waals surface area (Å²) < 4.78 is 30.9. The van der Waals surface area contributed by atoms with E-state index in [4.69, 9.17) is 9.84 Å². The lowest BCUT2D eigenvalue weighted by molar-refractivity contribution is -0.135. The van der Waals surface area contributed by atoms with Gasteiger partial charge in [-0.15, -0.1) is 0 Å². The molecule has 0 atom stereocenters. The van der Waals surface area contributed by atoms with Crippen molar-refractivity contribution in [3.05, 3.63) is 35.9 Å². The molecule has 8 nitrogen and oxygen atoms in total. The number of benzene rings is 1. The smallest absolute Gasteiger partial charge is 0.318 e. The van der Waals surface area contributed by atoms with Gasteiger partial charge in [0.05, 0.1) is 18.1 Å². The minimum atomic E-state index is -3.86. The fraction of sp³-hybridized carbons (Fsp3) is 0.333. The van der Waals surface area contributed by atoms with Gasteiger partial charge in [-0.1, -0.05) is 12.1 Å². The second kappa shape index (κ2) is 8.04. The van der Waals surface area contributed by atoms with E-state index in [-0.39, 0.29) is 10.8 Å². The molecule has 24 heavy (non-hydrogen) atoms. The number of hydrogen-bond donors (Lipinski definition) is 2. The molecule has 2 N–H and O–H groups in total. The van der Waals surface area contributed by atoms with Gasteiger partial charge in [-0.05, 0) is 23.8 Å². The first kappa shape index (κ1) is 18.1. The van der Waals surface area contributed by atoms with Gasteiger partial charge in [0, 0.05) is 19.2 Å². The summed E-state index contributed by atoms with van der Waals surface area (Å²) in [6, 6.07) is 5.78. The van der Waals surface area contributed by atoms with E-state index >= 15 is 0 Å². The van der Waals surface area contributed by atoms with Crippen molar-refractivity contribution in [2.24, 2.45) is 0 Å². The van der Waals surface area contributed by atoms with Crippen LogP contribution < -0.4 is 4.72 Å². The fourth-order valence-electron chi connectivity index (χ4n) is 2.05. The largest absolute Gasteiger partial charge is 0.480 e. The zero-order chi connectivity index (χ0) is 17.6. The molecule has 1 aliphatic rings. The van der Waals surface area contributed by atoms with Gasteiger partial charge in [-0.25, -0.2) is 8.42 Å². The molecule has 1 saturated heterocycles. The molecule has 0 bridgehead atoms. The number of nitrogens with zero attached hydrogens (tertiary/aromatic N) is 1. The number of rotatable bonds is 6. The van der Waals surface area contributed by atoms with Crippen LogP contribution in [0.15, 0.2) is 35.2 Å². The van der Waals surface area contributed by atoms with Crippen LogP contribution in [0.4, 0.5) is 0 Å². The molecule has 1 aromatic rings. The maximum atomic E-state index is 12.0. The molecular weight excluding hydrogens is 336 g/mol. The van der Waals surface area contributed by atoms with Crippen LogP contribution in [0.2, 0.25) is 0 Å². The Labute approximate surface area is 139 Å². The first-order valence-corrected chi connectivity index (χ1v) is 8.73. The first-order valence-electron chi connectivity index (χ1n) is 7.25. The van der Waals surface area contributed by atoms with E-state index in [0.29, 0.717) is 31.9 Å². The maximum Gasteiger partial charge on any atom is 0.318 e. The molecule has 0 radical (unpaired) electrons. The van der Waals surface area contributed by atoms with Crippen molar-refractivity contribution in [1.82, 2.24) is 9.62 Å². The van der Waals surface area contributed by atoms with Gasteiger partial charge in [0.25, 0.3) is 0 Å². The van der Waals surface area contributed by atoms with Gasteiger partial charge in [0.1, 0.15) is 6.54 Å². The van der Waals surface area contributed by atoms with Crippen molar-refractivity contribution in [3.8, 4) is 0 Å². The molecule has 0 aliphatic carbocycles. The maximum absolute atomic E-state index is 12.0. The quantitative estimate of drug-likeness (QED) is 0.691. The number of carbonyl (C=O) groups excluding carboxylic acids is 1. The van der Waals surface area contributed by atoms with Crippen LogP contribution >= 0.6 is 0 Å². The lowest BCUT2D eigenvalue weighted by atomic mass is 10.2. The van der Waals surface area contributed by atoms with E-state index < -0.39 is 22.5 Å². The van der Waals surface area contributed by atoms with Gasteiger partial charge in [0.15, 0.2) is 0 Å². The summed E-state index contributed by atoms with van der Waals surface area (Å²) in [6.45, 7) is 1.47. The Morgan fingerprint density at radius 1 is 1.21 bits per heavy atom. The summed E-state index contributed by atoms with van der Waals surface area (Å²) in [5.41, 5.74) is 0.661. The molecule has 2 rings (SSSR count). The van der Waals surface area contributed by atoms with Crippen LogP contribution in [0.3, 0.4) is 0 Å². The second-order valence-electron chi connectivity index (χ2n) is 5.06. The molecule has 1 heterocycles. The third-order valence-corrected chi connectivity index (χ3v) is 4.76. The predicted octanol–water partition coefficient (Wildman–Crippen LogP) is -0.0785. The SMILES string of the molecule is O=C(O)CNS(=O)(=O)c1ccc(/C=C/C(=O)N2CCOCC2)cc1. The summed E-state index contributed by atoms with van der Waals surface area (Å²) in [6.07, 6.45) is 3.02. The molecule has 0 aromatic heterocycles. The highest BCUT2D eigenvalue weighted by Gasteiger charge is 2.15. The molecule has 130 valence electrons. The van der Waals surface area contributed by atoms with Crippen LogP contribution in [0.5, 0.6) is 0 Å². The van der Waals surface area contributed by atoms with E-state index in [0.717, 1.165) is 0 Å². The van der Waals surface area contributed by atoms with Gasteiger partial charge in [-0.3, -0.25) is 9.59 Å². The van der Waals surface area contributed by atoms with Crippen LogP contribution in [0, 0.1) is 0 Å². The second-order valence-corrected chi connectivity index (χ2v) is 6.83. The molecule has 0 spiro atoms. The molecule has 1 amide bonds. The number of aliphatic carboxylic acids is 1. The van der Waals surface area contributed by atoms with Crippen molar-refractivity contribution < 1.29 is 27.9 Å². The third kappa shape index (κ3) is 5.15. The summed E-state index contributed by atoms with van der Waals surface area (Å²) in [7, 11) is -3.86. The molecule has 1 fully saturated rings. The van der Waals surface area contributed by atoms with E-state index in [1.54, 1.807) is 23.1 Å². The number of sulfonamides is 1. The Morgan fingerprint density at radius 3 is 2.42 bits per heavy atom. The normalized spacial score (nSPS) is 15.6. The highest BCUT2D eigenvalue weighted by atomic mass is 32.2. The summed E-state index contributed by atoms with van der Waals surface area (Å²) in [5, 5.41) is 8.52. The number of ether oxygens (including phenoxy) is 1. The molecule has 1 aliphatic heterocycles. The summed E-state index contributed by atoms with van der Waals surface area (Å²) in [4.78, 5) is 24.0. The monoisotopic (exact) mass is 354 g/mol. The molecular formula is C15H18N2O6S. The average molecular weight is 354 g/mol. The minimum absolute atomic E-state index is 0.0413. The number of amides is 1. The number of carbonyl (C=O) groups is 2. The zero-order valence-corrected chi connectivity index (χ0v) is 13.7. The molecule has 9 heteroatoms. The van der Waals surface area contributed by atoms with Crippen molar-refractivity contribution in [3.63, 3.8) is 0 Å². The van der Waals surface area contributed by atoms with Crippen molar-refractivity contribution >= 4 is 28.0 Å². The van der Waals surface area contributed by atoms with Crippen LogP contribution in [-0.2, 0) is 24.3 Å². The molecule has 0 unspecified atom stereocenters. The lowest BCUT2D eigenvalue weighted by Gasteiger charge is -2.25. The minimum Gasteiger partial charge on any atom is -0.480 e. The summed E-state index contributed by atoms with van der Waals surface area (Å²) in [5.74, 6) is -1.39. The van der Waals surface area contributed by atoms with Crippen LogP contribution in [0.25, 0.3) is 6.08 Å². The Bertz CT molecular complexity index is 721. The molecule has 0 saturated carbocycles. The van der Waals surface area contributed by atoms with Gasteiger partial charge in [-0.2, -0.15) is 4.72 Å². The highest BCUT2D eigenvalue weighted by Crippen LogP contribution is 2.12. The van der Waals surface area contributed by atoms with Crippen LogP contribution in [-0.4, -0.2) is 63.1 Å². The van der Waals surface area contributed by atoms with E-state index in [1.165, 1.54) is 18.2 Å². The van der Waals surface area contributed by atoms with Crippen molar-refractivity contribution in [1.29, 1.82) is 0 Å². The highest BCUT2D eigenvalue weighted by molar-refractivity contribution is 7.89. The van der Waals surface area contributed by atoms with E-state index in [9.17, 15) is 18.0 Å². The lowest BCUT2D eigenvalue weighted by Crippen LogP contribution is -2.39. The Hall–Kier alpha value is -2.23. The number of nitrogens with one attached hydrogen (secondary N) is 1. The standard InChI is InChI=1S/C15H18N2O6S/c18-14(17-7-9-23-10-8-17)6-3-12-1-4-13(5-2-12)24(21,22)16-11-15(19)20/h1-6,16H,7-11H2,(H,19,20)/b6-3+. The number of morpholine rings is 1. The Morgan fingerprint density at radius 2 is 1.83 bits per heavy atom. The molecule has 1 aromatic carbocycles.